The van der Waals surface area contributed by atoms with Gasteiger partial charge in [-0.15, -0.1) is 0 Å². The number of carbonyl (C=O) groups is 2. The molecule has 0 aromatic heterocycles. The molecule has 2 amide bonds. The van der Waals surface area contributed by atoms with Crippen molar-refractivity contribution in [3.63, 3.8) is 0 Å². The molecule has 5 nitrogen and oxygen atoms in total. The van der Waals surface area contributed by atoms with E-state index >= 15 is 0 Å². The zero-order valence-corrected chi connectivity index (χ0v) is 17.9. The molecule has 0 bridgehead atoms. The number of hydrogen-bond acceptors (Lipinski definition) is 3. The summed E-state index contributed by atoms with van der Waals surface area (Å²) < 4.78 is 5.72. The van der Waals surface area contributed by atoms with E-state index in [2.05, 4.69) is 5.32 Å². The number of ether oxygens (including phenoxy) is 1. The van der Waals surface area contributed by atoms with Crippen molar-refractivity contribution < 1.29 is 14.3 Å². The van der Waals surface area contributed by atoms with E-state index in [-0.39, 0.29) is 11.8 Å². The van der Waals surface area contributed by atoms with Crippen LogP contribution >= 0.6 is 0 Å². The monoisotopic (exact) mass is 396 g/mol. The SMILES string of the molecule is CCNC(=O)[C@H](C)N(Cc1ccc(C)cc1)C(=O)CCCOc1ccc(C)cc1. The van der Waals surface area contributed by atoms with Crippen molar-refractivity contribution in [2.75, 3.05) is 13.2 Å². The van der Waals surface area contributed by atoms with Crippen molar-refractivity contribution in [3.05, 3.63) is 65.2 Å². The van der Waals surface area contributed by atoms with Crippen LogP contribution in [0.1, 0.15) is 43.4 Å². The van der Waals surface area contributed by atoms with E-state index in [1.165, 1.54) is 5.56 Å². The molecule has 5 heteroatoms. The minimum atomic E-state index is -0.526. The first kappa shape index (κ1) is 22.5. The summed E-state index contributed by atoms with van der Waals surface area (Å²) in [5.41, 5.74) is 3.35. The second-order valence-corrected chi connectivity index (χ2v) is 7.34. The van der Waals surface area contributed by atoms with E-state index in [1.807, 2.05) is 69.3 Å². The quantitative estimate of drug-likeness (QED) is 0.617. The first-order chi connectivity index (χ1) is 13.9. The molecule has 0 saturated carbocycles. The highest BCUT2D eigenvalue weighted by atomic mass is 16.5. The van der Waals surface area contributed by atoms with E-state index in [4.69, 9.17) is 4.74 Å². The Labute approximate surface area is 174 Å². The third kappa shape index (κ3) is 7.26. The number of amides is 2. The molecule has 29 heavy (non-hydrogen) atoms. The molecule has 0 aliphatic carbocycles. The van der Waals surface area contributed by atoms with Crippen molar-refractivity contribution in [1.82, 2.24) is 10.2 Å². The van der Waals surface area contributed by atoms with Crippen LogP contribution in [0.2, 0.25) is 0 Å². The van der Waals surface area contributed by atoms with Gasteiger partial charge in [0.1, 0.15) is 11.8 Å². The van der Waals surface area contributed by atoms with Crippen molar-refractivity contribution in [3.8, 4) is 5.75 Å². The lowest BCUT2D eigenvalue weighted by atomic mass is 10.1. The van der Waals surface area contributed by atoms with Gasteiger partial charge in [-0.1, -0.05) is 47.5 Å². The molecule has 0 fully saturated rings. The smallest absolute Gasteiger partial charge is 0.242 e. The van der Waals surface area contributed by atoms with Crippen LogP contribution in [0.3, 0.4) is 0 Å². The van der Waals surface area contributed by atoms with Crippen LogP contribution in [-0.4, -0.2) is 35.9 Å². The minimum Gasteiger partial charge on any atom is -0.494 e. The van der Waals surface area contributed by atoms with Crippen LogP contribution in [0, 0.1) is 13.8 Å². The van der Waals surface area contributed by atoms with Gasteiger partial charge >= 0.3 is 0 Å². The predicted molar refractivity (Wildman–Crippen MR) is 116 cm³/mol. The third-order valence-electron chi connectivity index (χ3n) is 4.82. The Bertz CT molecular complexity index is 785. The molecule has 1 N–H and O–H groups in total. The largest absolute Gasteiger partial charge is 0.494 e. The molecule has 1 atom stereocenters. The lowest BCUT2D eigenvalue weighted by Crippen LogP contribution is -2.47. The molecule has 0 saturated heterocycles. The molecule has 0 aliphatic heterocycles. The topological polar surface area (TPSA) is 58.6 Å². The van der Waals surface area contributed by atoms with Crippen LogP contribution in [0.15, 0.2) is 48.5 Å². The summed E-state index contributed by atoms with van der Waals surface area (Å²) in [4.78, 5) is 26.9. The highest BCUT2D eigenvalue weighted by molar-refractivity contribution is 5.87. The van der Waals surface area contributed by atoms with Gasteiger partial charge in [-0.25, -0.2) is 0 Å². The van der Waals surface area contributed by atoms with Crippen molar-refractivity contribution in [1.29, 1.82) is 0 Å². The van der Waals surface area contributed by atoms with E-state index in [0.717, 1.165) is 16.9 Å². The van der Waals surface area contributed by atoms with E-state index in [0.29, 0.717) is 32.5 Å². The van der Waals surface area contributed by atoms with Gasteiger partial charge < -0.3 is 15.0 Å². The Morgan fingerprint density at radius 1 is 1.00 bits per heavy atom. The van der Waals surface area contributed by atoms with Gasteiger partial charge in [0.2, 0.25) is 11.8 Å². The predicted octanol–water partition coefficient (Wildman–Crippen LogP) is 4.02. The van der Waals surface area contributed by atoms with Gasteiger partial charge in [-0.2, -0.15) is 0 Å². The Kier molecular flexibility index (Phi) is 8.71. The molecule has 0 aliphatic rings. The summed E-state index contributed by atoms with van der Waals surface area (Å²) in [7, 11) is 0. The third-order valence-corrected chi connectivity index (χ3v) is 4.82. The number of likely N-dealkylation sites (N-methyl/N-ethyl adjacent to an activating group) is 1. The first-order valence-electron chi connectivity index (χ1n) is 10.2. The summed E-state index contributed by atoms with van der Waals surface area (Å²) in [6.07, 6.45) is 0.931. The van der Waals surface area contributed by atoms with Gasteiger partial charge in [0.25, 0.3) is 0 Å². The highest BCUT2D eigenvalue weighted by Crippen LogP contribution is 2.14. The maximum absolute atomic E-state index is 12.9. The second-order valence-electron chi connectivity index (χ2n) is 7.34. The first-order valence-corrected chi connectivity index (χ1v) is 10.2. The van der Waals surface area contributed by atoms with Crippen molar-refractivity contribution in [2.45, 2.75) is 53.1 Å². The fourth-order valence-electron chi connectivity index (χ4n) is 2.99. The van der Waals surface area contributed by atoms with Crippen LogP contribution in [0.5, 0.6) is 5.75 Å². The average molecular weight is 397 g/mol. The molecule has 0 spiro atoms. The normalized spacial score (nSPS) is 11.6. The Morgan fingerprint density at radius 2 is 1.59 bits per heavy atom. The molecule has 0 heterocycles. The summed E-state index contributed by atoms with van der Waals surface area (Å²) in [5, 5.41) is 2.81. The van der Waals surface area contributed by atoms with Gasteiger partial charge in [-0.05, 0) is 51.8 Å². The van der Waals surface area contributed by atoms with Crippen LogP contribution in [0.25, 0.3) is 0 Å². The zero-order chi connectivity index (χ0) is 21.2. The lowest BCUT2D eigenvalue weighted by Gasteiger charge is -2.29. The number of benzene rings is 2. The number of aryl methyl sites for hydroxylation is 2. The second kappa shape index (κ2) is 11.2. The molecular weight excluding hydrogens is 364 g/mol. The Morgan fingerprint density at radius 3 is 2.17 bits per heavy atom. The van der Waals surface area contributed by atoms with E-state index in [9.17, 15) is 9.59 Å². The van der Waals surface area contributed by atoms with Gasteiger partial charge in [0.15, 0.2) is 0 Å². The summed E-state index contributed by atoms with van der Waals surface area (Å²) >= 11 is 0. The highest BCUT2D eigenvalue weighted by Gasteiger charge is 2.25. The fraction of sp³-hybridized carbons (Fsp3) is 0.417. The minimum absolute atomic E-state index is 0.0446. The molecule has 156 valence electrons. The fourth-order valence-corrected chi connectivity index (χ4v) is 2.99. The summed E-state index contributed by atoms with van der Waals surface area (Å²) in [6.45, 7) is 9.12. The van der Waals surface area contributed by atoms with Crippen LogP contribution in [-0.2, 0) is 16.1 Å². The molecule has 2 aromatic carbocycles. The number of hydrogen-bond donors (Lipinski definition) is 1. The molecular formula is C24H32N2O3. The van der Waals surface area contributed by atoms with Gasteiger partial charge in [0.05, 0.1) is 6.61 Å². The number of carbonyl (C=O) groups excluding carboxylic acids is 2. The molecule has 2 rings (SSSR count). The molecule has 0 unspecified atom stereocenters. The maximum atomic E-state index is 12.9. The van der Waals surface area contributed by atoms with Gasteiger partial charge in [0, 0.05) is 19.5 Å². The van der Waals surface area contributed by atoms with E-state index in [1.54, 1.807) is 11.8 Å². The standard InChI is InChI=1S/C24H32N2O3/c1-5-25-24(28)20(4)26(17-21-12-8-18(2)9-13-21)23(27)7-6-16-29-22-14-10-19(3)11-15-22/h8-15,20H,5-7,16-17H2,1-4H3,(H,25,28)/t20-/m0/s1. The van der Waals surface area contributed by atoms with Crippen LogP contribution in [0.4, 0.5) is 0 Å². The molecule has 0 radical (unpaired) electrons. The summed E-state index contributed by atoms with van der Waals surface area (Å²) in [6, 6.07) is 15.4. The van der Waals surface area contributed by atoms with Crippen molar-refractivity contribution >= 4 is 11.8 Å². The lowest BCUT2D eigenvalue weighted by molar-refractivity contribution is -0.140. The number of nitrogens with zero attached hydrogens (tertiary/aromatic N) is 1. The Balaban J connectivity index is 1.96. The zero-order valence-electron chi connectivity index (χ0n) is 17.9. The maximum Gasteiger partial charge on any atom is 0.242 e. The summed E-state index contributed by atoms with van der Waals surface area (Å²) in [5.74, 6) is 0.621. The van der Waals surface area contributed by atoms with E-state index < -0.39 is 6.04 Å². The van der Waals surface area contributed by atoms with Crippen molar-refractivity contribution in [2.24, 2.45) is 0 Å². The number of rotatable bonds is 10. The average Bonchev–Trinajstić information content (AvgIpc) is 2.71. The molecule has 2 aromatic rings. The van der Waals surface area contributed by atoms with Crippen LogP contribution < -0.4 is 10.1 Å². The number of nitrogens with one attached hydrogen (secondary N) is 1. The Hall–Kier alpha value is -2.82. The van der Waals surface area contributed by atoms with Gasteiger partial charge in [-0.3, -0.25) is 9.59 Å².